The molecule has 1 amide bonds. The van der Waals surface area contributed by atoms with Crippen LogP contribution in [0.5, 0.6) is 11.5 Å². The lowest BCUT2D eigenvalue weighted by molar-refractivity contribution is -0.124. The Hall–Kier alpha value is -1.27. The van der Waals surface area contributed by atoms with Gasteiger partial charge in [-0.15, -0.1) is 0 Å². The number of benzene rings is 1. The first-order valence-electron chi connectivity index (χ1n) is 6.36. The third-order valence-corrected chi connectivity index (χ3v) is 3.51. The Bertz CT molecular complexity index is 466. The standard InChI is InChI=1S/C14H21BrN2O3/c1-9(7-16-2)14(18)17-8-10-5-11(15)13(20-4)12(6-10)19-3/h5-6,9,16H,7-8H2,1-4H3,(H,17,18). The number of hydrogen-bond donors (Lipinski definition) is 2. The van der Waals surface area contributed by atoms with Crippen molar-refractivity contribution in [3.05, 3.63) is 22.2 Å². The van der Waals surface area contributed by atoms with Crippen molar-refractivity contribution < 1.29 is 14.3 Å². The van der Waals surface area contributed by atoms with E-state index < -0.39 is 0 Å². The van der Waals surface area contributed by atoms with Crippen molar-refractivity contribution in [2.75, 3.05) is 27.8 Å². The quantitative estimate of drug-likeness (QED) is 0.793. The molecule has 0 aliphatic rings. The van der Waals surface area contributed by atoms with Crippen LogP contribution in [0.15, 0.2) is 16.6 Å². The molecule has 2 N–H and O–H groups in total. The number of halogens is 1. The Morgan fingerprint density at radius 3 is 2.60 bits per heavy atom. The molecule has 0 fully saturated rings. The molecule has 112 valence electrons. The predicted octanol–water partition coefficient (Wildman–Crippen LogP) is 1.94. The maximum atomic E-state index is 11.9. The van der Waals surface area contributed by atoms with Gasteiger partial charge in [0.2, 0.25) is 5.91 Å². The van der Waals surface area contributed by atoms with Gasteiger partial charge in [-0.05, 0) is 40.7 Å². The molecule has 20 heavy (non-hydrogen) atoms. The molecule has 1 unspecified atom stereocenters. The molecule has 0 aliphatic carbocycles. The van der Waals surface area contributed by atoms with E-state index in [0.717, 1.165) is 10.0 Å². The van der Waals surface area contributed by atoms with Gasteiger partial charge in [-0.3, -0.25) is 4.79 Å². The van der Waals surface area contributed by atoms with Crippen LogP contribution in [0.25, 0.3) is 0 Å². The Morgan fingerprint density at radius 1 is 1.35 bits per heavy atom. The zero-order valence-electron chi connectivity index (χ0n) is 12.2. The summed E-state index contributed by atoms with van der Waals surface area (Å²) in [6.07, 6.45) is 0. The van der Waals surface area contributed by atoms with Gasteiger partial charge in [-0.2, -0.15) is 0 Å². The number of hydrogen-bond acceptors (Lipinski definition) is 4. The van der Waals surface area contributed by atoms with Crippen LogP contribution in [0.2, 0.25) is 0 Å². The number of carbonyl (C=O) groups excluding carboxylic acids is 1. The van der Waals surface area contributed by atoms with Gasteiger partial charge in [0.1, 0.15) is 0 Å². The molecule has 0 saturated heterocycles. The molecule has 0 spiro atoms. The van der Waals surface area contributed by atoms with Crippen molar-refractivity contribution in [1.29, 1.82) is 0 Å². The highest BCUT2D eigenvalue weighted by Crippen LogP contribution is 2.36. The van der Waals surface area contributed by atoms with Crippen LogP contribution in [0.1, 0.15) is 12.5 Å². The number of ether oxygens (including phenoxy) is 2. The molecule has 5 nitrogen and oxygen atoms in total. The molecule has 1 rings (SSSR count). The molecule has 0 saturated carbocycles. The fourth-order valence-corrected chi connectivity index (χ4v) is 2.49. The van der Waals surface area contributed by atoms with Gasteiger partial charge in [0.05, 0.1) is 18.7 Å². The van der Waals surface area contributed by atoms with Crippen molar-refractivity contribution in [3.8, 4) is 11.5 Å². The normalized spacial score (nSPS) is 11.8. The molecule has 0 aromatic heterocycles. The first-order chi connectivity index (χ1) is 9.53. The second-order valence-corrected chi connectivity index (χ2v) is 5.34. The van der Waals surface area contributed by atoms with E-state index in [1.807, 2.05) is 26.1 Å². The van der Waals surface area contributed by atoms with Gasteiger partial charge < -0.3 is 20.1 Å². The topological polar surface area (TPSA) is 59.6 Å². The molecule has 1 aromatic carbocycles. The highest BCUT2D eigenvalue weighted by atomic mass is 79.9. The summed E-state index contributed by atoms with van der Waals surface area (Å²) < 4.78 is 11.3. The Morgan fingerprint density at radius 2 is 2.05 bits per heavy atom. The van der Waals surface area contributed by atoms with Crippen LogP contribution in [-0.2, 0) is 11.3 Å². The van der Waals surface area contributed by atoms with Crippen LogP contribution < -0.4 is 20.1 Å². The van der Waals surface area contributed by atoms with Crippen LogP contribution in [-0.4, -0.2) is 33.7 Å². The highest BCUT2D eigenvalue weighted by molar-refractivity contribution is 9.10. The van der Waals surface area contributed by atoms with Crippen molar-refractivity contribution in [2.45, 2.75) is 13.5 Å². The largest absolute Gasteiger partial charge is 0.493 e. The molecule has 1 aromatic rings. The molecule has 0 bridgehead atoms. The molecule has 6 heteroatoms. The van der Waals surface area contributed by atoms with E-state index in [0.29, 0.717) is 24.6 Å². The van der Waals surface area contributed by atoms with Crippen LogP contribution in [0.3, 0.4) is 0 Å². The summed E-state index contributed by atoms with van der Waals surface area (Å²) in [7, 11) is 5.00. The summed E-state index contributed by atoms with van der Waals surface area (Å²) in [5.41, 5.74) is 0.944. The summed E-state index contributed by atoms with van der Waals surface area (Å²) >= 11 is 3.43. The van der Waals surface area contributed by atoms with Crippen molar-refractivity contribution in [2.24, 2.45) is 5.92 Å². The van der Waals surface area contributed by atoms with E-state index in [2.05, 4.69) is 26.6 Å². The summed E-state index contributed by atoms with van der Waals surface area (Å²) in [4.78, 5) is 11.9. The fourth-order valence-electron chi connectivity index (χ4n) is 1.84. The lowest BCUT2D eigenvalue weighted by Crippen LogP contribution is -2.33. The number of carbonyl (C=O) groups is 1. The van der Waals surface area contributed by atoms with E-state index in [1.165, 1.54) is 0 Å². The molecule has 0 aliphatic heterocycles. The van der Waals surface area contributed by atoms with Gasteiger partial charge in [-0.1, -0.05) is 6.92 Å². The van der Waals surface area contributed by atoms with E-state index in [4.69, 9.17) is 9.47 Å². The third kappa shape index (κ3) is 4.38. The zero-order valence-corrected chi connectivity index (χ0v) is 13.8. The monoisotopic (exact) mass is 344 g/mol. The van der Waals surface area contributed by atoms with Gasteiger partial charge >= 0.3 is 0 Å². The van der Waals surface area contributed by atoms with Crippen molar-refractivity contribution in [1.82, 2.24) is 10.6 Å². The maximum Gasteiger partial charge on any atom is 0.224 e. The molecular weight excluding hydrogens is 324 g/mol. The SMILES string of the molecule is CNCC(C)C(=O)NCc1cc(Br)c(OC)c(OC)c1. The fraction of sp³-hybridized carbons (Fsp3) is 0.500. The van der Waals surface area contributed by atoms with Gasteiger partial charge in [0.25, 0.3) is 0 Å². The summed E-state index contributed by atoms with van der Waals surface area (Å²) in [5, 5.41) is 5.89. The smallest absolute Gasteiger partial charge is 0.224 e. The highest BCUT2D eigenvalue weighted by Gasteiger charge is 2.13. The van der Waals surface area contributed by atoms with E-state index in [1.54, 1.807) is 14.2 Å². The minimum absolute atomic E-state index is 0.0188. The first kappa shape index (κ1) is 16.8. The second-order valence-electron chi connectivity index (χ2n) is 4.49. The van der Waals surface area contributed by atoms with E-state index in [-0.39, 0.29) is 11.8 Å². The lowest BCUT2D eigenvalue weighted by Gasteiger charge is -2.14. The number of rotatable bonds is 7. The Balaban J connectivity index is 2.74. The number of nitrogens with one attached hydrogen (secondary N) is 2. The third-order valence-electron chi connectivity index (χ3n) is 2.92. The summed E-state index contributed by atoms with van der Waals surface area (Å²) in [6, 6.07) is 3.76. The lowest BCUT2D eigenvalue weighted by atomic mass is 10.1. The molecule has 1 atom stereocenters. The van der Waals surface area contributed by atoms with Crippen LogP contribution in [0.4, 0.5) is 0 Å². The minimum atomic E-state index is -0.0661. The summed E-state index contributed by atoms with van der Waals surface area (Å²) in [6.45, 7) is 2.99. The Labute approximate surface area is 128 Å². The van der Waals surface area contributed by atoms with E-state index in [9.17, 15) is 4.79 Å². The van der Waals surface area contributed by atoms with Gasteiger partial charge in [-0.25, -0.2) is 0 Å². The van der Waals surface area contributed by atoms with Gasteiger partial charge in [0.15, 0.2) is 11.5 Å². The first-order valence-corrected chi connectivity index (χ1v) is 7.15. The second kappa shape index (κ2) is 8.11. The van der Waals surface area contributed by atoms with Gasteiger partial charge in [0, 0.05) is 19.0 Å². The zero-order chi connectivity index (χ0) is 15.1. The maximum absolute atomic E-state index is 11.9. The van der Waals surface area contributed by atoms with Crippen molar-refractivity contribution >= 4 is 21.8 Å². The number of amides is 1. The minimum Gasteiger partial charge on any atom is -0.493 e. The summed E-state index contributed by atoms with van der Waals surface area (Å²) in [5.74, 6) is 1.23. The predicted molar refractivity (Wildman–Crippen MR) is 82.2 cm³/mol. The molecule has 0 radical (unpaired) electrons. The Kier molecular flexibility index (Phi) is 6.81. The molecule has 0 heterocycles. The van der Waals surface area contributed by atoms with Crippen molar-refractivity contribution in [3.63, 3.8) is 0 Å². The average molecular weight is 345 g/mol. The average Bonchev–Trinajstić information content (AvgIpc) is 2.44. The number of methoxy groups -OCH3 is 2. The van der Waals surface area contributed by atoms with E-state index >= 15 is 0 Å². The molecular formula is C14H21BrN2O3. The van der Waals surface area contributed by atoms with Crippen LogP contribution >= 0.6 is 15.9 Å². The van der Waals surface area contributed by atoms with Crippen LogP contribution in [0, 0.1) is 5.92 Å².